The van der Waals surface area contributed by atoms with Crippen LogP contribution >= 0.6 is 0 Å². The Hall–Kier alpha value is -4.48. The van der Waals surface area contributed by atoms with E-state index >= 15 is 0 Å². The Morgan fingerprint density at radius 2 is 1.71 bits per heavy atom. The third-order valence-corrected chi connectivity index (χ3v) is 7.54. The van der Waals surface area contributed by atoms with E-state index in [2.05, 4.69) is 14.7 Å². The van der Waals surface area contributed by atoms with Crippen LogP contribution in [-0.2, 0) is 23.6 Å². The number of aromatic nitrogens is 4. The Balaban J connectivity index is 1.37. The van der Waals surface area contributed by atoms with E-state index in [9.17, 15) is 18.0 Å². The number of ether oxygens (including phenoxy) is 1. The summed E-state index contributed by atoms with van der Waals surface area (Å²) in [6.07, 6.45) is 1.59. The summed E-state index contributed by atoms with van der Waals surface area (Å²) >= 11 is 0. The first-order valence-electron chi connectivity index (χ1n) is 11.8. The fourth-order valence-electron chi connectivity index (χ4n) is 4.09. The van der Waals surface area contributed by atoms with Gasteiger partial charge in [-0.15, -0.1) is 0 Å². The minimum Gasteiger partial charge on any atom is -0.476 e. The fourth-order valence-corrected chi connectivity index (χ4v) is 5.11. The van der Waals surface area contributed by atoms with Crippen LogP contribution in [0.25, 0.3) is 22.3 Å². The second-order valence-electron chi connectivity index (χ2n) is 8.60. The fraction of sp³-hybridized carbons (Fsp3) is 0.148. The number of H-pyrrole nitrogens is 1. The van der Waals surface area contributed by atoms with Gasteiger partial charge in [-0.05, 0) is 35.4 Å². The van der Waals surface area contributed by atoms with Crippen LogP contribution in [0.15, 0.2) is 99.5 Å². The standard InChI is InChI=1S/C27H25N5O5S/c1-31-26(33)25-23(32(27(31)34)18-19-7-3-2-4-8-19)17-22(30-25)20-10-12-21(13-11-20)38(35,36)29-15-16-37-24-9-5-6-14-28-24/h2-14,17,29-30H,15-16,18H2,1H3. The quantitative estimate of drug-likeness (QED) is 0.281. The number of nitrogens with one attached hydrogen (secondary N) is 2. The lowest BCUT2D eigenvalue weighted by Gasteiger charge is -2.09. The first-order chi connectivity index (χ1) is 18.3. The lowest BCUT2D eigenvalue weighted by molar-refractivity contribution is 0.310. The minimum atomic E-state index is -3.76. The highest BCUT2D eigenvalue weighted by Gasteiger charge is 2.17. The van der Waals surface area contributed by atoms with Gasteiger partial charge in [-0.2, -0.15) is 0 Å². The number of aromatic amines is 1. The topological polar surface area (TPSA) is 128 Å². The molecule has 0 unspecified atom stereocenters. The summed E-state index contributed by atoms with van der Waals surface area (Å²) in [7, 11) is -2.31. The van der Waals surface area contributed by atoms with E-state index in [1.54, 1.807) is 47.2 Å². The number of fused-ring (bicyclic) bond motifs is 1. The van der Waals surface area contributed by atoms with Crippen LogP contribution < -0.4 is 20.7 Å². The van der Waals surface area contributed by atoms with E-state index in [1.807, 2.05) is 30.3 Å². The van der Waals surface area contributed by atoms with Gasteiger partial charge < -0.3 is 9.72 Å². The molecule has 0 fully saturated rings. The molecular formula is C27H25N5O5S. The largest absolute Gasteiger partial charge is 0.476 e. The Morgan fingerprint density at radius 3 is 2.42 bits per heavy atom. The van der Waals surface area contributed by atoms with Gasteiger partial charge in [-0.1, -0.05) is 48.5 Å². The monoisotopic (exact) mass is 531 g/mol. The van der Waals surface area contributed by atoms with Crippen LogP contribution in [0.5, 0.6) is 5.88 Å². The van der Waals surface area contributed by atoms with Gasteiger partial charge in [-0.3, -0.25) is 13.9 Å². The molecule has 0 aliphatic heterocycles. The average molecular weight is 532 g/mol. The molecule has 11 heteroatoms. The van der Waals surface area contributed by atoms with Crippen molar-refractivity contribution in [1.82, 2.24) is 23.8 Å². The summed E-state index contributed by atoms with van der Waals surface area (Å²) in [5, 5.41) is 0. The number of hydrogen-bond acceptors (Lipinski definition) is 6. The number of sulfonamides is 1. The van der Waals surface area contributed by atoms with Crippen molar-refractivity contribution in [3.63, 3.8) is 0 Å². The van der Waals surface area contributed by atoms with Gasteiger partial charge in [0.15, 0.2) is 0 Å². The van der Waals surface area contributed by atoms with E-state index < -0.39 is 21.3 Å². The highest BCUT2D eigenvalue weighted by molar-refractivity contribution is 7.89. The van der Waals surface area contributed by atoms with Crippen molar-refractivity contribution in [3.05, 3.63) is 111 Å². The van der Waals surface area contributed by atoms with Crippen LogP contribution in [0.1, 0.15) is 5.56 Å². The molecule has 10 nitrogen and oxygen atoms in total. The zero-order valence-electron chi connectivity index (χ0n) is 20.5. The van der Waals surface area contributed by atoms with Crippen molar-refractivity contribution in [2.45, 2.75) is 11.4 Å². The molecule has 3 aromatic heterocycles. The lowest BCUT2D eigenvalue weighted by atomic mass is 10.1. The molecule has 5 aromatic rings. The number of hydrogen-bond donors (Lipinski definition) is 2. The van der Waals surface area contributed by atoms with E-state index in [4.69, 9.17) is 4.74 Å². The summed E-state index contributed by atoms with van der Waals surface area (Å²) in [5.74, 6) is 0.415. The minimum absolute atomic E-state index is 0.0743. The molecule has 0 amide bonds. The van der Waals surface area contributed by atoms with Gasteiger partial charge in [0.05, 0.1) is 17.0 Å². The molecule has 38 heavy (non-hydrogen) atoms. The number of pyridine rings is 1. The van der Waals surface area contributed by atoms with Crippen LogP contribution in [-0.4, -0.2) is 40.7 Å². The second-order valence-corrected chi connectivity index (χ2v) is 10.4. The molecule has 0 radical (unpaired) electrons. The van der Waals surface area contributed by atoms with Crippen LogP contribution in [0.3, 0.4) is 0 Å². The molecule has 0 bridgehead atoms. The van der Waals surface area contributed by atoms with Gasteiger partial charge >= 0.3 is 5.69 Å². The average Bonchev–Trinajstić information content (AvgIpc) is 3.39. The van der Waals surface area contributed by atoms with Crippen LogP contribution in [0.4, 0.5) is 0 Å². The van der Waals surface area contributed by atoms with Crippen molar-refractivity contribution in [1.29, 1.82) is 0 Å². The lowest BCUT2D eigenvalue weighted by Crippen LogP contribution is -2.38. The summed E-state index contributed by atoms with van der Waals surface area (Å²) in [6, 6.07) is 22.7. The zero-order valence-corrected chi connectivity index (χ0v) is 21.3. The predicted molar refractivity (Wildman–Crippen MR) is 144 cm³/mol. The van der Waals surface area contributed by atoms with Crippen molar-refractivity contribution >= 4 is 21.1 Å². The second kappa shape index (κ2) is 10.5. The summed E-state index contributed by atoms with van der Waals surface area (Å²) < 4.78 is 35.9. The molecule has 0 saturated carbocycles. The van der Waals surface area contributed by atoms with E-state index in [0.717, 1.165) is 10.1 Å². The molecule has 0 spiro atoms. The molecule has 0 atom stereocenters. The van der Waals surface area contributed by atoms with Crippen molar-refractivity contribution < 1.29 is 13.2 Å². The third-order valence-electron chi connectivity index (χ3n) is 6.06. The van der Waals surface area contributed by atoms with Gasteiger partial charge in [0.25, 0.3) is 5.56 Å². The van der Waals surface area contributed by atoms with Crippen LogP contribution in [0, 0.1) is 0 Å². The number of nitrogens with zero attached hydrogens (tertiary/aromatic N) is 3. The van der Waals surface area contributed by atoms with Gasteiger partial charge in [-0.25, -0.2) is 22.9 Å². The predicted octanol–water partition coefficient (Wildman–Crippen LogP) is 2.50. The molecule has 0 saturated heterocycles. The van der Waals surface area contributed by atoms with Crippen molar-refractivity contribution in [3.8, 4) is 17.1 Å². The smallest absolute Gasteiger partial charge is 0.331 e. The Morgan fingerprint density at radius 1 is 0.974 bits per heavy atom. The van der Waals surface area contributed by atoms with E-state index in [-0.39, 0.29) is 18.0 Å². The normalized spacial score (nSPS) is 11.6. The highest BCUT2D eigenvalue weighted by Crippen LogP contribution is 2.24. The molecule has 0 aliphatic carbocycles. The molecular weight excluding hydrogens is 506 g/mol. The SMILES string of the molecule is Cn1c(=O)c2[nH]c(-c3ccc(S(=O)(=O)NCCOc4ccccn4)cc3)cc2n(Cc2ccccc2)c1=O. The first kappa shape index (κ1) is 25.2. The molecule has 3 heterocycles. The molecule has 2 aromatic carbocycles. The maximum absolute atomic E-state index is 12.9. The number of benzene rings is 2. The number of rotatable bonds is 9. The summed E-state index contributed by atoms with van der Waals surface area (Å²) in [6.45, 7) is 0.502. The van der Waals surface area contributed by atoms with E-state index in [1.165, 1.54) is 19.2 Å². The van der Waals surface area contributed by atoms with Gasteiger partial charge in [0.1, 0.15) is 12.1 Å². The Labute approximate surface area is 218 Å². The zero-order chi connectivity index (χ0) is 26.7. The molecule has 0 aliphatic rings. The first-order valence-corrected chi connectivity index (χ1v) is 13.3. The molecule has 5 rings (SSSR count). The Kier molecular flexibility index (Phi) is 6.95. The maximum atomic E-state index is 12.9. The Bertz CT molecular complexity index is 1790. The van der Waals surface area contributed by atoms with Gasteiger partial charge in [0, 0.05) is 31.5 Å². The summed E-state index contributed by atoms with van der Waals surface area (Å²) in [4.78, 5) is 33.0. The van der Waals surface area contributed by atoms with Gasteiger partial charge in [0.2, 0.25) is 15.9 Å². The third kappa shape index (κ3) is 5.15. The van der Waals surface area contributed by atoms with E-state index in [0.29, 0.717) is 34.7 Å². The van der Waals surface area contributed by atoms with Crippen molar-refractivity contribution in [2.24, 2.45) is 7.05 Å². The maximum Gasteiger partial charge on any atom is 0.331 e. The summed E-state index contributed by atoms with van der Waals surface area (Å²) in [5.41, 5.74) is 2.09. The molecule has 194 valence electrons. The molecule has 2 N–H and O–H groups in total. The highest BCUT2D eigenvalue weighted by atomic mass is 32.2. The van der Waals surface area contributed by atoms with Crippen LogP contribution in [0.2, 0.25) is 0 Å². The van der Waals surface area contributed by atoms with Crippen molar-refractivity contribution in [2.75, 3.05) is 13.2 Å².